The third-order valence-corrected chi connectivity index (χ3v) is 2.47. The Bertz CT molecular complexity index is 413. The lowest BCUT2D eigenvalue weighted by molar-refractivity contribution is -0.126. The zero-order valence-corrected chi connectivity index (χ0v) is 8.95. The van der Waals surface area contributed by atoms with Crippen molar-refractivity contribution < 1.29 is 14.1 Å². The Hall–Kier alpha value is -1.85. The standard InChI is InChI=1S/C10H13N3O3/c1-6-2-8(13-16-6)5-12-10(15)7-3-9(14)11-4-7/h2,7H,3-5H2,1H3,(H,11,14)(H,12,15). The number of nitrogens with one attached hydrogen (secondary N) is 2. The van der Waals surface area contributed by atoms with Gasteiger partial charge in [-0.15, -0.1) is 0 Å². The molecule has 0 saturated carbocycles. The SMILES string of the molecule is Cc1cc(CNC(=O)C2CNC(=O)C2)no1. The number of carbonyl (C=O) groups excluding carboxylic acids is 2. The smallest absolute Gasteiger partial charge is 0.225 e. The first-order chi connectivity index (χ1) is 7.65. The predicted octanol–water partition coefficient (Wildman–Crippen LogP) is -0.265. The third kappa shape index (κ3) is 2.39. The van der Waals surface area contributed by atoms with Gasteiger partial charge in [-0.3, -0.25) is 9.59 Å². The highest BCUT2D eigenvalue weighted by Gasteiger charge is 2.27. The molecule has 1 unspecified atom stereocenters. The van der Waals surface area contributed by atoms with Crippen molar-refractivity contribution in [3.05, 3.63) is 17.5 Å². The van der Waals surface area contributed by atoms with Crippen LogP contribution in [0.1, 0.15) is 17.9 Å². The number of aromatic nitrogens is 1. The zero-order valence-electron chi connectivity index (χ0n) is 8.95. The fraction of sp³-hybridized carbons (Fsp3) is 0.500. The molecule has 1 atom stereocenters. The number of amides is 2. The van der Waals surface area contributed by atoms with E-state index < -0.39 is 0 Å². The maximum atomic E-state index is 11.6. The quantitative estimate of drug-likeness (QED) is 0.739. The van der Waals surface area contributed by atoms with Crippen molar-refractivity contribution in [1.29, 1.82) is 0 Å². The Morgan fingerprint density at radius 1 is 1.75 bits per heavy atom. The summed E-state index contributed by atoms with van der Waals surface area (Å²) in [5, 5.41) is 9.10. The summed E-state index contributed by atoms with van der Waals surface area (Å²) < 4.78 is 4.87. The molecule has 1 fully saturated rings. The molecule has 6 nitrogen and oxygen atoms in total. The lowest BCUT2D eigenvalue weighted by Crippen LogP contribution is -2.31. The molecule has 1 aromatic rings. The number of aryl methyl sites for hydroxylation is 1. The topological polar surface area (TPSA) is 84.2 Å². The van der Waals surface area contributed by atoms with Crippen LogP contribution in [0.2, 0.25) is 0 Å². The highest BCUT2D eigenvalue weighted by Crippen LogP contribution is 2.09. The van der Waals surface area contributed by atoms with Crippen LogP contribution in [-0.4, -0.2) is 23.5 Å². The van der Waals surface area contributed by atoms with Gasteiger partial charge in [0.1, 0.15) is 11.5 Å². The van der Waals surface area contributed by atoms with Crippen LogP contribution in [0.5, 0.6) is 0 Å². The number of hydrogen-bond acceptors (Lipinski definition) is 4. The minimum absolute atomic E-state index is 0.0718. The van der Waals surface area contributed by atoms with E-state index >= 15 is 0 Å². The average molecular weight is 223 g/mol. The van der Waals surface area contributed by atoms with Gasteiger partial charge < -0.3 is 15.2 Å². The maximum Gasteiger partial charge on any atom is 0.225 e. The number of rotatable bonds is 3. The van der Waals surface area contributed by atoms with Crippen LogP contribution in [-0.2, 0) is 16.1 Å². The first-order valence-electron chi connectivity index (χ1n) is 5.12. The van der Waals surface area contributed by atoms with E-state index in [1.54, 1.807) is 13.0 Å². The van der Waals surface area contributed by atoms with E-state index in [4.69, 9.17) is 4.52 Å². The number of hydrogen-bond donors (Lipinski definition) is 2. The molecule has 2 N–H and O–H groups in total. The highest BCUT2D eigenvalue weighted by atomic mass is 16.5. The maximum absolute atomic E-state index is 11.6. The second-order valence-electron chi connectivity index (χ2n) is 3.85. The fourth-order valence-electron chi connectivity index (χ4n) is 1.61. The van der Waals surface area contributed by atoms with Crippen LogP contribution in [0.25, 0.3) is 0 Å². The van der Waals surface area contributed by atoms with Crippen molar-refractivity contribution in [3.63, 3.8) is 0 Å². The molecule has 0 radical (unpaired) electrons. The first-order valence-corrected chi connectivity index (χ1v) is 5.12. The molecule has 0 aromatic carbocycles. The molecule has 2 rings (SSSR count). The molecule has 16 heavy (non-hydrogen) atoms. The van der Waals surface area contributed by atoms with E-state index in [0.29, 0.717) is 24.5 Å². The molecular weight excluding hydrogens is 210 g/mol. The van der Waals surface area contributed by atoms with E-state index in [0.717, 1.165) is 0 Å². The Kier molecular flexibility index (Phi) is 2.89. The Morgan fingerprint density at radius 2 is 2.56 bits per heavy atom. The minimum atomic E-state index is -0.263. The average Bonchev–Trinajstić information content (AvgIpc) is 2.84. The van der Waals surface area contributed by atoms with Gasteiger partial charge in [-0.2, -0.15) is 0 Å². The predicted molar refractivity (Wildman–Crippen MR) is 54.2 cm³/mol. The van der Waals surface area contributed by atoms with E-state index in [1.165, 1.54) is 0 Å². The van der Waals surface area contributed by atoms with E-state index in [9.17, 15) is 9.59 Å². The van der Waals surface area contributed by atoms with Crippen molar-refractivity contribution in [2.75, 3.05) is 6.54 Å². The summed E-state index contributed by atoms with van der Waals surface area (Å²) in [6.07, 6.45) is 0.268. The van der Waals surface area contributed by atoms with Gasteiger partial charge >= 0.3 is 0 Å². The normalized spacial score (nSPS) is 19.6. The lowest BCUT2D eigenvalue weighted by atomic mass is 10.1. The van der Waals surface area contributed by atoms with Gasteiger partial charge in [0.2, 0.25) is 11.8 Å². The molecule has 2 amide bonds. The summed E-state index contributed by atoms with van der Waals surface area (Å²) in [5.74, 6) is 0.249. The highest BCUT2D eigenvalue weighted by molar-refractivity contribution is 5.89. The minimum Gasteiger partial charge on any atom is -0.361 e. The van der Waals surface area contributed by atoms with E-state index in [2.05, 4.69) is 15.8 Å². The lowest BCUT2D eigenvalue weighted by Gasteiger charge is -2.06. The second-order valence-corrected chi connectivity index (χ2v) is 3.85. The summed E-state index contributed by atoms with van der Waals surface area (Å²) in [4.78, 5) is 22.5. The van der Waals surface area contributed by atoms with Gasteiger partial charge in [-0.25, -0.2) is 0 Å². The molecule has 86 valence electrons. The zero-order chi connectivity index (χ0) is 11.5. The van der Waals surface area contributed by atoms with Gasteiger partial charge in [0.25, 0.3) is 0 Å². The number of carbonyl (C=O) groups is 2. The van der Waals surface area contributed by atoms with Gasteiger partial charge in [0, 0.05) is 19.0 Å². The largest absolute Gasteiger partial charge is 0.361 e. The van der Waals surface area contributed by atoms with Crippen LogP contribution in [0.3, 0.4) is 0 Å². The first kappa shape index (κ1) is 10.7. The van der Waals surface area contributed by atoms with E-state index in [1.807, 2.05) is 0 Å². The summed E-state index contributed by atoms with van der Waals surface area (Å²) in [5.41, 5.74) is 0.683. The van der Waals surface area contributed by atoms with Crippen LogP contribution < -0.4 is 10.6 Å². The van der Waals surface area contributed by atoms with Crippen molar-refractivity contribution in [2.24, 2.45) is 5.92 Å². The van der Waals surface area contributed by atoms with Crippen LogP contribution >= 0.6 is 0 Å². The molecule has 0 bridgehead atoms. The molecular formula is C10H13N3O3. The summed E-state index contributed by atoms with van der Waals surface area (Å²) in [6.45, 7) is 2.54. The molecule has 1 saturated heterocycles. The van der Waals surface area contributed by atoms with Crippen LogP contribution in [0, 0.1) is 12.8 Å². The molecule has 1 aromatic heterocycles. The van der Waals surface area contributed by atoms with Crippen molar-refractivity contribution in [2.45, 2.75) is 19.9 Å². The van der Waals surface area contributed by atoms with Crippen molar-refractivity contribution in [3.8, 4) is 0 Å². The van der Waals surface area contributed by atoms with Crippen LogP contribution in [0.4, 0.5) is 0 Å². The van der Waals surface area contributed by atoms with Gasteiger partial charge in [0.05, 0.1) is 12.5 Å². The second kappa shape index (κ2) is 4.34. The molecule has 1 aliphatic rings. The summed E-state index contributed by atoms with van der Waals surface area (Å²) in [6, 6.07) is 1.76. The van der Waals surface area contributed by atoms with E-state index in [-0.39, 0.29) is 24.2 Å². The number of nitrogens with zero attached hydrogens (tertiary/aromatic N) is 1. The third-order valence-electron chi connectivity index (χ3n) is 2.47. The van der Waals surface area contributed by atoms with Crippen LogP contribution in [0.15, 0.2) is 10.6 Å². The molecule has 0 aliphatic carbocycles. The van der Waals surface area contributed by atoms with Crippen molar-refractivity contribution in [1.82, 2.24) is 15.8 Å². The molecule has 2 heterocycles. The molecule has 6 heteroatoms. The fourth-order valence-corrected chi connectivity index (χ4v) is 1.61. The van der Waals surface area contributed by atoms with Gasteiger partial charge in [-0.05, 0) is 6.92 Å². The van der Waals surface area contributed by atoms with Gasteiger partial charge in [0.15, 0.2) is 0 Å². The Morgan fingerprint density at radius 3 is 3.12 bits per heavy atom. The van der Waals surface area contributed by atoms with Gasteiger partial charge in [-0.1, -0.05) is 5.16 Å². The molecule has 1 aliphatic heterocycles. The van der Waals surface area contributed by atoms with Crippen molar-refractivity contribution >= 4 is 11.8 Å². The summed E-state index contributed by atoms with van der Waals surface area (Å²) in [7, 11) is 0. The monoisotopic (exact) mass is 223 g/mol. The Labute approximate surface area is 92.4 Å². The molecule has 0 spiro atoms. The Balaban J connectivity index is 1.82. The summed E-state index contributed by atoms with van der Waals surface area (Å²) >= 11 is 0.